The number of hydrogen-bond acceptors (Lipinski definition) is 3. The molecule has 7 heteroatoms. The van der Waals surface area contributed by atoms with E-state index in [0.29, 0.717) is 0 Å². The minimum atomic E-state index is -3.86. The summed E-state index contributed by atoms with van der Waals surface area (Å²) in [6, 6.07) is 12.2. The Balaban J connectivity index is 2.09. The first-order valence-corrected chi connectivity index (χ1v) is 9.61. The molecule has 0 fully saturated rings. The van der Waals surface area contributed by atoms with E-state index in [9.17, 15) is 17.6 Å². The van der Waals surface area contributed by atoms with E-state index in [0.717, 1.165) is 27.6 Å². The average molecular weight is 378 g/mol. The normalized spacial score (nSPS) is 12.8. The van der Waals surface area contributed by atoms with Crippen LogP contribution in [-0.4, -0.2) is 44.2 Å². The summed E-state index contributed by atoms with van der Waals surface area (Å²) in [5.74, 6) is -0.847. The van der Waals surface area contributed by atoms with E-state index >= 15 is 0 Å². The lowest BCUT2D eigenvalue weighted by atomic mass is 10.1. The predicted molar refractivity (Wildman–Crippen MR) is 98.6 cm³/mol. The molecule has 0 aromatic heterocycles. The highest BCUT2D eigenvalue weighted by Crippen LogP contribution is 2.20. The Labute approximate surface area is 154 Å². The van der Waals surface area contributed by atoms with Crippen LogP contribution < -0.4 is 0 Å². The molecule has 1 amide bonds. The minimum absolute atomic E-state index is 0.0524. The molecule has 0 bridgehead atoms. The molecule has 2 rings (SSSR count). The first-order chi connectivity index (χ1) is 12.1. The van der Waals surface area contributed by atoms with Gasteiger partial charge in [-0.15, -0.1) is 0 Å². The number of sulfonamides is 1. The molecule has 140 valence electrons. The van der Waals surface area contributed by atoms with Gasteiger partial charge < -0.3 is 4.90 Å². The second-order valence-corrected chi connectivity index (χ2v) is 8.35. The van der Waals surface area contributed by atoms with Crippen molar-refractivity contribution < 1.29 is 17.6 Å². The number of benzene rings is 2. The van der Waals surface area contributed by atoms with Crippen molar-refractivity contribution in [2.75, 3.05) is 20.6 Å². The highest BCUT2D eigenvalue weighted by molar-refractivity contribution is 7.89. The molecular formula is C19H23FN2O3S. The van der Waals surface area contributed by atoms with Crippen molar-refractivity contribution >= 4 is 15.9 Å². The number of likely N-dealkylation sites (N-methyl/N-ethyl adjacent to an activating group) is 2. The number of halogens is 1. The number of carbonyl (C=O) groups excluding carboxylic acids is 1. The second kappa shape index (κ2) is 7.97. The molecule has 0 aliphatic rings. The summed E-state index contributed by atoms with van der Waals surface area (Å²) in [7, 11) is -0.883. The van der Waals surface area contributed by atoms with E-state index in [4.69, 9.17) is 0 Å². The summed E-state index contributed by atoms with van der Waals surface area (Å²) in [6.45, 7) is 3.57. The van der Waals surface area contributed by atoms with Crippen molar-refractivity contribution in [1.82, 2.24) is 9.21 Å². The molecular weight excluding hydrogens is 355 g/mol. The maximum absolute atomic E-state index is 13.0. The van der Waals surface area contributed by atoms with Gasteiger partial charge in [0.25, 0.3) is 0 Å². The lowest BCUT2D eigenvalue weighted by Gasteiger charge is -2.27. The lowest BCUT2D eigenvalue weighted by molar-refractivity contribution is -0.131. The number of carbonyl (C=O) groups is 1. The Hall–Kier alpha value is -2.25. The Kier molecular flexibility index (Phi) is 6.15. The summed E-state index contributed by atoms with van der Waals surface area (Å²) >= 11 is 0. The van der Waals surface area contributed by atoms with Gasteiger partial charge in [0.1, 0.15) is 5.82 Å². The van der Waals surface area contributed by atoms with Gasteiger partial charge in [-0.3, -0.25) is 4.79 Å². The van der Waals surface area contributed by atoms with Crippen LogP contribution in [-0.2, 0) is 14.8 Å². The van der Waals surface area contributed by atoms with E-state index in [1.807, 2.05) is 38.1 Å². The van der Waals surface area contributed by atoms with Gasteiger partial charge in [-0.05, 0) is 43.7 Å². The third-order valence-corrected chi connectivity index (χ3v) is 6.23. The third-order valence-electron chi connectivity index (χ3n) is 4.41. The molecule has 1 unspecified atom stereocenters. The molecule has 0 aliphatic heterocycles. The van der Waals surface area contributed by atoms with Crippen molar-refractivity contribution in [2.45, 2.75) is 24.8 Å². The fourth-order valence-corrected chi connectivity index (χ4v) is 3.58. The maximum atomic E-state index is 13.0. The van der Waals surface area contributed by atoms with Crippen molar-refractivity contribution in [1.29, 1.82) is 0 Å². The van der Waals surface area contributed by atoms with Crippen LogP contribution in [0.4, 0.5) is 4.39 Å². The third kappa shape index (κ3) is 4.47. The van der Waals surface area contributed by atoms with Gasteiger partial charge in [0.2, 0.25) is 15.9 Å². The van der Waals surface area contributed by atoms with Crippen LogP contribution in [0, 0.1) is 12.7 Å². The van der Waals surface area contributed by atoms with Crippen molar-refractivity contribution in [3.05, 3.63) is 65.5 Å². The van der Waals surface area contributed by atoms with E-state index in [-0.39, 0.29) is 23.4 Å². The highest BCUT2D eigenvalue weighted by atomic mass is 32.2. The minimum Gasteiger partial charge on any atom is -0.338 e. The first-order valence-electron chi connectivity index (χ1n) is 8.17. The molecule has 5 nitrogen and oxygen atoms in total. The van der Waals surface area contributed by atoms with Gasteiger partial charge in [0.05, 0.1) is 17.5 Å². The second-order valence-electron chi connectivity index (χ2n) is 6.31. The molecule has 0 radical (unpaired) electrons. The smallest absolute Gasteiger partial charge is 0.243 e. The number of aryl methyl sites for hydroxylation is 1. The molecule has 0 saturated carbocycles. The quantitative estimate of drug-likeness (QED) is 0.776. The number of nitrogens with zero attached hydrogens (tertiary/aromatic N) is 2. The maximum Gasteiger partial charge on any atom is 0.243 e. The van der Waals surface area contributed by atoms with Crippen LogP contribution in [0.5, 0.6) is 0 Å². The lowest BCUT2D eigenvalue weighted by Crippen LogP contribution is -2.40. The Morgan fingerprint density at radius 3 is 2.12 bits per heavy atom. The molecule has 0 heterocycles. The summed E-state index contributed by atoms with van der Waals surface area (Å²) in [5.41, 5.74) is 2.09. The average Bonchev–Trinajstić information content (AvgIpc) is 2.61. The summed E-state index contributed by atoms with van der Waals surface area (Å²) in [6.07, 6.45) is 0. The zero-order valence-electron chi connectivity index (χ0n) is 15.3. The van der Waals surface area contributed by atoms with Crippen LogP contribution in [0.2, 0.25) is 0 Å². The van der Waals surface area contributed by atoms with Crippen molar-refractivity contribution in [3.63, 3.8) is 0 Å². The summed E-state index contributed by atoms with van der Waals surface area (Å²) in [4.78, 5) is 14.0. The molecule has 26 heavy (non-hydrogen) atoms. The molecule has 2 aromatic carbocycles. The Bertz CT molecular complexity index is 865. The molecule has 0 aliphatic carbocycles. The van der Waals surface area contributed by atoms with E-state index < -0.39 is 15.8 Å². The number of amides is 1. The summed E-state index contributed by atoms with van der Waals surface area (Å²) < 4.78 is 39.0. The number of hydrogen-bond donors (Lipinski definition) is 0. The van der Waals surface area contributed by atoms with Gasteiger partial charge in [0.15, 0.2) is 0 Å². The Morgan fingerprint density at radius 2 is 1.58 bits per heavy atom. The van der Waals surface area contributed by atoms with Gasteiger partial charge in [-0.25, -0.2) is 12.8 Å². The topological polar surface area (TPSA) is 57.7 Å². The largest absolute Gasteiger partial charge is 0.338 e. The van der Waals surface area contributed by atoms with Crippen LogP contribution in [0.1, 0.15) is 24.1 Å². The number of rotatable bonds is 6. The molecule has 0 spiro atoms. The van der Waals surface area contributed by atoms with Crippen molar-refractivity contribution in [3.8, 4) is 0 Å². The standard InChI is InChI=1S/C19H23FN2O3S/c1-14-5-7-16(8-6-14)15(2)22(4)19(23)13-21(3)26(24,25)18-11-9-17(20)10-12-18/h5-12,15H,13H2,1-4H3. The fourth-order valence-electron chi connectivity index (χ4n) is 2.46. The monoisotopic (exact) mass is 378 g/mol. The van der Waals surface area contributed by atoms with Crippen LogP contribution in [0.25, 0.3) is 0 Å². The SMILES string of the molecule is Cc1ccc(C(C)N(C)C(=O)CN(C)S(=O)(=O)c2ccc(F)cc2)cc1. The highest BCUT2D eigenvalue weighted by Gasteiger charge is 2.26. The van der Waals surface area contributed by atoms with Gasteiger partial charge in [-0.1, -0.05) is 29.8 Å². The van der Waals surface area contributed by atoms with Crippen LogP contribution >= 0.6 is 0 Å². The zero-order chi connectivity index (χ0) is 19.5. The van der Waals surface area contributed by atoms with Crippen LogP contribution in [0.15, 0.2) is 53.4 Å². The van der Waals surface area contributed by atoms with E-state index in [2.05, 4.69) is 0 Å². The molecule has 0 N–H and O–H groups in total. The molecule has 1 atom stereocenters. The van der Waals surface area contributed by atoms with E-state index in [1.54, 1.807) is 7.05 Å². The van der Waals surface area contributed by atoms with Gasteiger partial charge in [0, 0.05) is 14.1 Å². The van der Waals surface area contributed by atoms with Crippen LogP contribution in [0.3, 0.4) is 0 Å². The first kappa shape index (κ1) is 20.1. The van der Waals surface area contributed by atoms with Crippen molar-refractivity contribution in [2.24, 2.45) is 0 Å². The van der Waals surface area contributed by atoms with Gasteiger partial charge in [-0.2, -0.15) is 4.31 Å². The summed E-state index contributed by atoms with van der Waals surface area (Å²) in [5, 5.41) is 0. The van der Waals surface area contributed by atoms with Gasteiger partial charge >= 0.3 is 0 Å². The molecule has 0 saturated heterocycles. The molecule has 2 aromatic rings. The Morgan fingerprint density at radius 1 is 1.04 bits per heavy atom. The fraction of sp³-hybridized carbons (Fsp3) is 0.316. The zero-order valence-corrected chi connectivity index (χ0v) is 16.1. The predicted octanol–water partition coefficient (Wildman–Crippen LogP) is 2.97. The van der Waals surface area contributed by atoms with E-state index in [1.165, 1.54) is 24.1 Å².